The molecule has 7 atom stereocenters. The largest absolute Gasteiger partial charge is 0.507 e. The first-order valence-electron chi connectivity index (χ1n) is 15.1. The number of nitrogens with zero attached hydrogens (tertiary/aromatic N) is 1. The number of ketones is 4. The zero-order valence-corrected chi connectivity index (χ0v) is 25.5. The van der Waals surface area contributed by atoms with E-state index in [0.717, 1.165) is 6.42 Å². The smallest absolute Gasteiger partial charge is 0.235 e. The summed E-state index contributed by atoms with van der Waals surface area (Å²) in [6.07, 6.45) is 2.63. The lowest BCUT2D eigenvalue weighted by atomic mass is 9.49. The fourth-order valence-electron chi connectivity index (χ4n) is 7.46. The zero-order chi connectivity index (χ0) is 32.2. The summed E-state index contributed by atoms with van der Waals surface area (Å²) in [4.78, 5) is 72.0. The zero-order valence-electron chi connectivity index (χ0n) is 25.5. The highest BCUT2D eigenvalue weighted by molar-refractivity contribution is 6.32. The van der Waals surface area contributed by atoms with Crippen molar-refractivity contribution in [2.24, 2.45) is 41.2 Å². The molecule has 2 aromatic rings. The van der Waals surface area contributed by atoms with Gasteiger partial charge in [-0.3, -0.25) is 24.0 Å². The Morgan fingerprint density at radius 1 is 1.18 bits per heavy atom. The number of methoxy groups -OCH3 is 1. The number of hydrogen-bond donors (Lipinski definition) is 4. The molecule has 3 aliphatic rings. The first kappa shape index (κ1) is 31.5. The topological polar surface area (TPSA) is 186 Å². The number of hydrogen-bond acceptors (Lipinski definition) is 10. The first-order valence-corrected chi connectivity index (χ1v) is 15.1. The third kappa shape index (κ3) is 4.73. The molecule has 44 heavy (non-hydrogen) atoms. The van der Waals surface area contributed by atoms with Gasteiger partial charge in [-0.1, -0.05) is 20.8 Å². The molecule has 11 heteroatoms. The van der Waals surface area contributed by atoms with E-state index < -0.39 is 70.1 Å². The number of ether oxygens (including phenoxy) is 1. The van der Waals surface area contributed by atoms with E-state index in [9.17, 15) is 34.2 Å². The number of aromatic hydroxyl groups is 1. The maximum Gasteiger partial charge on any atom is 0.235 e. The Hall–Kier alpha value is -3.96. The summed E-state index contributed by atoms with van der Waals surface area (Å²) in [6, 6.07) is 5.41. The van der Waals surface area contributed by atoms with E-state index >= 15 is 0 Å². The number of aromatic nitrogens is 1. The summed E-state index contributed by atoms with van der Waals surface area (Å²) in [6.45, 7) is 7.69. The van der Waals surface area contributed by atoms with E-state index in [-0.39, 0.29) is 36.7 Å². The van der Waals surface area contributed by atoms with Gasteiger partial charge in [0, 0.05) is 47.8 Å². The Kier molecular flexibility index (Phi) is 8.24. The second-order valence-corrected chi connectivity index (χ2v) is 12.7. The van der Waals surface area contributed by atoms with Crippen LogP contribution in [0.3, 0.4) is 0 Å². The monoisotopic (exact) mass is 605 g/mol. The van der Waals surface area contributed by atoms with Crippen LogP contribution in [0.25, 0.3) is 11.1 Å². The number of pyridine rings is 1. The van der Waals surface area contributed by atoms with Crippen molar-refractivity contribution >= 4 is 29.0 Å². The molecule has 3 unspecified atom stereocenters. The Morgan fingerprint density at radius 2 is 1.89 bits per heavy atom. The molecule has 0 aliphatic heterocycles. The van der Waals surface area contributed by atoms with Crippen LogP contribution in [0.1, 0.15) is 62.0 Å². The molecule has 0 radical (unpaired) electrons. The van der Waals surface area contributed by atoms with Crippen molar-refractivity contribution in [3.05, 3.63) is 41.1 Å². The minimum absolute atomic E-state index is 0.0162. The average Bonchev–Trinajstić information content (AvgIpc) is 2.98. The van der Waals surface area contributed by atoms with Crippen molar-refractivity contribution in [1.29, 1.82) is 0 Å². The molecule has 1 heterocycles. The first-order chi connectivity index (χ1) is 20.8. The van der Waals surface area contributed by atoms with Gasteiger partial charge in [0.15, 0.2) is 34.7 Å². The summed E-state index contributed by atoms with van der Waals surface area (Å²) < 4.78 is 5.21. The molecular weight excluding hydrogens is 566 g/mol. The Labute approximate surface area is 255 Å². The van der Waals surface area contributed by atoms with Crippen molar-refractivity contribution in [2.75, 3.05) is 7.11 Å². The van der Waals surface area contributed by atoms with E-state index in [1.54, 1.807) is 32.2 Å². The number of rotatable bonds is 8. The molecule has 11 nitrogen and oxygen atoms in total. The van der Waals surface area contributed by atoms with Gasteiger partial charge in [-0.2, -0.15) is 0 Å². The maximum atomic E-state index is 14.3. The lowest BCUT2D eigenvalue weighted by Crippen LogP contribution is -2.71. The fourth-order valence-corrected chi connectivity index (χ4v) is 7.46. The molecule has 5 N–H and O–H groups in total. The van der Waals surface area contributed by atoms with E-state index in [1.165, 1.54) is 7.11 Å². The van der Waals surface area contributed by atoms with Crippen LogP contribution in [0.2, 0.25) is 0 Å². The van der Waals surface area contributed by atoms with Crippen LogP contribution in [-0.4, -0.2) is 63.0 Å². The molecule has 2 saturated carbocycles. The number of amides is 1. The molecule has 1 aromatic carbocycles. The van der Waals surface area contributed by atoms with Gasteiger partial charge < -0.3 is 26.0 Å². The summed E-state index contributed by atoms with van der Waals surface area (Å²) in [5.74, 6) is -11.5. The summed E-state index contributed by atoms with van der Waals surface area (Å²) in [7, 11) is 1.50. The van der Waals surface area contributed by atoms with Crippen LogP contribution in [0.15, 0.2) is 24.4 Å². The fraction of sp³-hybridized carbons (Fsp3) is 0.515. The predicted octanol–water partition coefficient (Wildman–Crippen LogP) is 2.17. The summed E-state index contributed by atoms with van der Waals surface area (Å²) in [5.41, 5.74) is 4.94. The van der Waals surface area contributed by atoms with Crippen LogP contribution in [0.5, 0.6) is 11.6 Å². The lowest BCUT2D eigenvalue weighted by molar-refractivity contribution is -0.182. The predicted molar refractivity (Wildman–Crippen MR) is 159 cm³/mol. The second-order valence-electron chi connectivity index (χ2n) is 12.7. The third-order valence-corrected chi connectivity index (χ3v) is 9.90. The second kappa shape index (κ2) is 11.5. The number of phenols is 1. The molecule has 2 fully saturated rings. The van der Waals surface area contributed by atoms with Crippen LogP contribution < -0.4 is 15.8 Å². The van der Waals surface area contributed by atoms with Crippen molar-refractivity contribution in [3.63, 3.8) is 0 Å². The highest BCUT2D eigenvalue weighted by Crippen LogP contribution is 2.54. The van der Waals surface area contributed by atoms with E-state index in [4.69, 9.17) is 10.5 Å². The van der Waals surface area contributed by atoms with Crippen LogP contribution in [0.4, 0.5) is 0 Å². The SMILES string of the molecule is CCC(C)NCc1cc(-c2ccc(OC)nc2)c2c(c1O)C(=O)C1C(=O)[C@]3(O)C(=O)C(C(N)=O)C(=O)[C@@H](C(C)C)[C@@H]3C[C@@H]1C2. The molecule has 0 saturated heterocycles. The number of phenolic OH excluding ortho intramolecular Hbond substituents is 1. The van der Waals surface area contributed by atoms with Gasteiger partial charge in [0.05, 0.1) is 18.6 Å². The lowest BCUT2D eigenvalue weighted by Gasteiger charge is -2.52. The van der Waals surface area contributed by atoms with Crippen LogP contribution in [-0.2, 0) is 32.1 Å². The number of benzene rings is 1. The number of nitrogens with one attached hydrogen (secondary N) is 1. The van der Waals surface area contributed by atoms with Gasteiger partial charge in [0.1, 0.15) is 5.75 Å². The molecule has 0 spiro atoms. The van der Waals surface area contributed by atoms with Crippen molar-refractivity contribution in [3.8, 4) is 22.8 Å². The quantitative estimate of drug-likeness (QED) is 0.325. The van der Waals surface area contributed by atoms with Crippen molar-refractivity contribution in [2.45, 2.75) is 65.1 Å². The Morgan fingerprint density at radius 3 is 2.45 bits per heavy atom. The molecule has 1 aromatic heterocycles. The van der Waals surface area contributed by atoms with Gasteiger partial charge >= 0.3 is 0 Å². The Balaban J connectivity index is 1.67. The minimum Gasteiger partial charge on any atom is -0.507 e. The van der Waals surface area contributed by atoms with Gasteiger partial charge in [-0.05, 0) is 61.3 Å². The van der Waals surface area contributed by atoms with Crippen molar-refractivity contribution in [1.82, 2.24) is 10.3 Å². The van der Waals surface area contributed by atoms with Crippen LogP contribution >= 0.6 is 0 Å². The van der Waals surface area contributed by atoms with E-state index in [1.807, 2.05) is 19.9 Å². The molecule has 0 bridgehead atoms. The van der Waals surface area contributed by atoms with E-state index in [0.29, 0.717) is 28.1 Å². The molecular formula is C33H39N3O8. The van der Waals surface area contributed by atoms with Gasteiger partial charge in [-0.25, -0.2) is 4.98 Å². The van der Waals surface area contributed by atoms with Gasteiger partial charge in [0.25, 0.3) is 0 Å². The number of aliphatic hydroxyl groups is 1. The number of Topliss-reactive ketones (excluding diaryl/α,β-unsaturated/α-hetero) is 4. The summed E-state index contributed by atoms with van der Waals surface area (Å²) >= 11 is 0. The molecule has 5 rings (SSSR count). The number of carbonyl (C=O) groups is 5. The van der Waals surface area contributed by atoms with Crippen LogP contribution in [0, 0.1) is 35.5 Å². The third-order valence-electron chi connectivity index (χ3n) is 9.90. The van der Waals surface area contributed by atoms with Crippen molar-refractivity contribution < 1.29 is 38.9 Å². The van der Waals surface area contributed by atoms with Gasteiger partial charge in [-0.15, -0.1) is 0 Å². The van der Waals surface area contributed by atoms with Gasteiger partial charge in [0.2, 0.25) is 11.8 Å². The minimum atomic E-state index is -2.73. The number of primary amides is 1. The average molecular weight is 606 g/mol. The molecule has 234 valence electrons. The number of nitrogens with two attached hydrogens (primary N) is 1. The summed E-state index contributed by atoms with van der Waals surface area (Å²) in [5, 5.41) is 26.7. The standard InChI is InChI=1S/C33H39N3O8/c1-6-15(4)35-13-18-10-19(16-7-8-22(44-5)36-12-16)20-9-17-11-21-23(14(2)3)28(38)26(32(34)42)31(41)33(21,43)30(40)24(17)29(39)25(20)27(18)37/h7-8,10,12,14-15,17,21,23-24,26,35,37,43H,6,9,11,13H2,1-5H3,(H2,34,42)/t15?,17-,21-,23-,24?,26?,33-/m0/s1. The number of fused-ring (bicyclic) bond motifs is 3. The van der Waals surface area contributed by atoms with E-state index in [2.05, 4.69) is 10.3 Å². The normalized spacial score (nSPS) is 28.8. The maximum absolute atomic E-state index is 14.3. The number of carbonyl (C=O) groups excluding carboxylic acids is 5. The highest BCUT2D eigenvalue weighted by Gasteiger charge is 2.69. The molecule has 3 aliphatic carbocycles. The molecule has 1 amide bonds. The Bertz CT molecular complexity index is 1550. The highest BCUT2D eigenvalue weighted by atomic mass is 16.5.